The molecule has 4 rings (SSSR count). The zero-order valence-corrected chi connectivity index (χ0v) is 15.0. The molecule has 0 radical (unpaired) electrons. The van der Waals surface area contributed by atoms with Crippen molar-refractivity contribution in [3.63, 3.8) is 0 Å². The first-order valence-corrected chi connectivity index (χ1v) is 9.04. The van der Waals surface area contributed by atoms with Gasteiger partial charge in [0, 0.05) is 62.1 Å². The van der Waals surface area contributed by atoms with Gasteiger partial charge in [0.25, 0.3) is 0 Å². The molecule has 0 aliphatic carbocycles. The Bertz CT molecular complexity index is 814. The summed E-state index contributed by atoms with van der Waals surface area (Å²) in [5.41, 5.74) is 3.56. The van der Waals surface area contributed by atoms with Crippen molar-refractivity contribution in [2.24, 2.45) is 0 Å². The summed E-state index contributed by atoms with van der Waals surface area (Å²) in [6, 6.07) is 4.26. The Morgan fingerprint density at radius 1 is 1.23 bits per heavy atom. The lowest BCUT2D eigenvalue weighted by Gasteiger charge is -2.34. The molecule has 1 aliphatic heterocycles. The predicted octanol–water partition coefficient (Wildman–Crippen LogP) is 2.34. The molecule has 0 saturated heterocycles. The Labute approximate surface area is 153 Å². The minimum atomic E-state index is 0.295. The first kappa shape index (κ1) is 16.9. The molecule has 0 saturated carbocycles. The highest BCUT2D eigenvalue weighted by Gasteiger charge is 2.26. The Kier molecular flexibility index (Phi) is 5.08. The van der Waals surface area contributed by atoms with Crippen LogP contribution in [0, 0.1) is 0 Å². The van der Waals surface area contributed by atoms with Crippen molar-refractivity contribution in [1.82, 2.24) is 29.6 Å². The number of H-pyrrole nitrogens is 1. The second kappa shape index (κ2) is 7.80. The summed E-state index contributed by atoms with van der Waals surface area (Å²) in [4.78, 5) is 11.2. The van der Waals surface area contributed by atoms with Crippen LogP contribution in [0.2, 0.25) is 0 Å². The van der Waals surface area contributed by atoms with E-state index in [0.29, 0.717) is 19.3 Å². The molecule has 1 atom stereocenters. The van der Waals surface area contributed by atoms with Crippen LogP contribution in [0.25, 0.3) is 0 Å². The van der Waals surface area contributed by atoms with Gasteiger partial charge in [0.15, 0.2) is 0 Å². The van der Waals surface area contributed by atoms with Crippen LogP contribution in [0.4, 0.5) is 0 Å². The number of nitrogens with one attached hydrogen (secondary N) is 1. The largest absolute Gasteiger partial charge is 0.376 e. The molecular weight excluding hydrogens is 328 g/mol. The molecule has 0 fully saturated rings. The van der Waals surface area contributed by atoms with Gasteiger partial charge < -0.3 is 9.30 Å². The van der Waals surface area contributed by atoms with Gasteiger partial charge in [0.1, 0.15) is 5.82 Å². The zero-order valence-electron chi connectivity index (χ0n) is 15.0. The lowest BCUT2D eigenvalue weighted by molar-refractivity contribution is 0.120. The van der Waals surface area contributed by atoms with E-state index in [2.05, 4.69) is 36.6 Å². The third-order valence-electron chi connectivity index (χ3n) is 4.94. The molecule has 26 heavy (non-hydrogen) atoms. The Morgan fingerprint density at radius 3 is 3.00 bits per heavy atom. The molecule has 4 heterocycles. The first-order valence-electron chi connectivity index (χ1n) is 9.04. The van der Waals surface area contributed by atoms with E-state index < -0.39 is 0 Å². The van der Waals surface area contributed by atoms with Gasteiger partial charge >= 0.3 is 0 Å². The molecule has 1 aliphatic rings. The minimum absolute atomic E-state index is 0.295. The van der Waals surface area contributed by atoms with Gasteiger partial charge in [0.05, 0.1) is 25.5 Å². The van der Waals surface area contributed by atoms with Crippen molar-refractivity contribution < 1.29 is 4.74 Å². The summed E-state index contributed by atoms with van der Waals surface area (Å²) in [6.45, 7) is 6.39. The zero-order chi connectivity index (χ0) is 17.8. The standard InChI is InChI=1S/C19H24N6O/c1-15-19-21-12-18(4-8-26-14-16-3-2-5-20-9-16)25(19)7-6-24(15)13-17-10-22-23-11-17/h2-3,5,9-12,15H,4,6-8,13-14H2,1H3,(H,22,23). The number of fused-ring (bicyclic) bond motifs is 1. The SMILES string of the molecule is CC1c2ncc(CCOCc3cccnc3)n2CCN1Cc1cn[nH]c1. The van der Waals surface area contributed by atoms with E-state index in [1.54, 1.807) is 6.20 Å². The average molecular weight is 352 g/mol. The van der Waals surface area contributed by atoms with Crippen LogP contribution in [0.3, 0.4) is 0 Å². The van der Waals surface area contributed by atoms with Gasteiger partial charge in [-0.15, -0.1) is 0 Å². The second-order valence-electron chi connectivity index (χ2n) is 6.68. The number of nitrogens with zero attached hydrogens (tertiary/aromatic N) is 5. The summed E-state index contributed by atoms with van der Waals surface area (Å²) in [6.07, 6.45) is 10.3. The van der Waals surface area contributed by atoms with Crippen LogP contribution >= 0.6 is 0 Å². The second-order valence-corrected chi connectivity index (χ2v) is 6.68. The summed E-state index contributed by atoms with van der Waals surface area (Å²) in [7, 11) is 0. The van der Waals surface area contributed by atoms with Crippen molar-refractivity contribution in [3.8, 4) is 0 Å². The smallest absolute Gasteiger partial charge is 0.126 e. The highest BCUT2D eigenvalue weighted by atomic mass is 16.5. The number of imidazole rings is 1. The molecule has 0 aromatic carbocycles. The summed E-state index contributed by atoms with van der Waals surface area (Å²) >= 11 is 0. The van der Waals surface area contributed by atoms with Crippen molar-refractivity contribution in [3.05, 3.63) is 65.8 Å². The van der Waals surface area contributed by atoms with E-state index in [1.165, 1.54) is 11.3 Å². The van der Waals surface area contributed by atoms with Crippen molar-refractivity contribution in [2.45, 2.75) is 39.1 Å². The van der Waals surface area contributed by atoms with E-state index in [1.807, 2.05) is 36.9 Å². The molecule has 7 heteroatoms. The molecule has 0 bridgehead atoms. The molecule has 1 N–H and O–H groups in total. The number of hydrogen-bond acceptors (Lipinski definition) is 5. The molecule has 0 spiro atoms. The monoisotopic (exact) mass is 352 g/mol. The third-order valence-corrected chi connectivity index (χ3v) is 4.94. The van der Waals surface area contributed by atoms with Crippen molar-refractivity contribution >= 4 is 0 Å². The lowest BCUT2D eigenvalue weighted by atomic mass is 10.2. The van der Waals surface area contributed by atoms with E-state index in [-0.39, 0.29) is 0 Å². The summed E-state index contributed by atoms with van der Waals surface area (Å²) in [5, 5.41) is 6.92. The first-order chi connectivity index (χ1) is 12.8. The molecule has 7 nitrogen and oxygen atoms in total. The maximum Gasteiger partial charge on any atom is 0.126 e. The van der Waals surface area contributed by atoms with Crippen LogP contribution in [0.15, 0.2) is 43.1 Å². The van der Waals surface area contributed by atoms with Crippen LogP contribution < -0.4 is 0 Å². The maximum atomic E-state index is 5.80. The van der Waals surface area contributed by atoms with E-state index in [9.17, 15) is 0 Å². The van der Waals surface area contributed by atoms with Crippen LogP contribution in [-0.2, 0) is 30.9 Å². The fraction of sp³-hybridized carbons (Fsp3) is 0.421. The van der Waals surface area contributed by atoms with E-state index >= 15 is 0 Å². The normalized spacial score (nSPS) is 17.3. The highest BCUT2D eigenvalue weighted by Crippen LogP contribution is 2.26. The van der Waals surface area contributed by atoms with Crippen LogP contribution in [-0.4, -0.2) is 42.8 Å². The van der Waals surface area contributed by atoms with E-state index in [4.69, 9.17) is 4.74 Å². The molecule has 3 aromatic rings. The van der Waals surface area contributed by atoms with Crippen LogP contribution in [0.1, 0.15) is 35.6 Å². The molecule has 0 amide bonds. The number of hydrogen-bond donors (Lipinski definition) is 1. The number of aromatic nitrogens is 5. The Hall–Kier alpha value is -2.51. The number of aromatic amines is 1. The molecule has 3 aromatic heterocycles. The molecular formula is C19H24N6O. The van der Waals surface area contributed by atoms with Gasteiger partial charge in [-0.3, -0.25) is 15.0 Å². The van der Waals surface area contributed by atoms with Crippen molar-refractivity contribution in [2.75, 3.05) is 13.2 Å². The minimum Gasteiger partial charge on any atom is -0.376 e. The fourth-order valence-corrected chi connectivity index (χ4v) is 3.47. The van der Waals surface area contributed by atoms with Gasteiger partial charge in [0.2, 0.25) is 0 Å². The van der Waals surface area contributed by atoms with Gasteiger partial charge in [-0.05, 0) is 18.6 Å². The third kappa shape index (κ3) is 3.68. The lowest BCUT2D eigenvalue weighted by Crippen LogP contribution is -2.37. The Balaban J connectivity index is 1.33. The number of rotatable bonds is 7. The van der Waals surface area contributed by atoms with Crippen molar-refractivity contribution in [1.29, 1.82) is 0 Å². The maximum absolute atomic E-state index is 5.80. The Morgan fingerprint density at radius 2 is 2.19 bits per heavy atom. The average Bonchev–Trinajstić information content (AvgIpc) is 3.32. The topological polar surface area (TPSA) is 71.9 Å². The number of ether oxygens (including phenoxy) is 1. The molecule has 1 unspecified atom stereocenters. The summed E-state index contributed by atoms with van der Waals surface area (Å²) in [5.74, 6) is 1.14. The highest BCUT2D eigenvalue weighted by molar-refractivity contribution is 5.13. The van der Waals surface area contributed by atoms with E-state index in [0.717, 1.165) is 37.4 Å². The van der Waals surface area contributed by atoms with Gasteiger partial charge in [-0.25, -0.2) is 4.98 Å². The van der Waals surface area contributed by atoms with Gasteiger partial charge in [-0.1, -0.05) is 6.07 Å². The quantitative estimate of drug-likeness (QED) is 0.661. The predicted molar refractivity (Wildman–Crippen MR) is 97.2 cm³/mol. The van der Waals surface area contributed by atoms with Crippen LogP contribution in [0.5, 0.6) is 0 Å². The molecule has 136 valence electrons. The van der Waals surface area contributed by atoms with Gasteiger partial charge in [-0.2, -0.15) is 5.10 Å². The number of pyridine rings is 1. The fourth-order valence-electron chi connectivity index (χ4n) is 3.47. The summed E-state index contributed by atoms with van der Waals surface area (Å²) < 4.78 is 8.15.